The first-order valence-electron chi connectivity index (χ1n) is 18.8. The van der Waals surface area contributed by atoms with Gasteiger partial charge in [0, 0.05) is 49.4 Å². The van der Waals surface area contributed by atoms with Crippen molar-refractivity contribution in [2.75, 3.05) is 37.1 Å². The van der Waals surface area contributed by atoms with Crippen molar-refractivity contribution in [3.05, 3.63) is 180 Å². The van der Waals surface area contributed by atoms with Crippen LogP contribution in [0.15, 0.2) is 122 Å². The molecule has 0 unspecified atom stereocenters. The molecule has 0 bridgehead atoms. The van der Waals surface area contributed by atoms with Crippen LogP contribution in [0.5, 0.6) is 11.5 Å². The van der Waals surface area contributed by atoms with Crippen LogP contribution in [0.3, 0.4) is 0 Å². The van der Waals surface area contributed by atoms with Gasteiger partial charge in [-0.05, 0) is 96.1 Å². The number of carbonyl (C=O) groups is 4. The highest BCUT2D eigenvalue weighted by Crippen LogP contribution is 2.25. The van der Waals surface area contributed by atoms with Gasteiger partial charge in [-0.25, -0.2) is 26.3 Å². The van der Waals surface area contributed by atoms with Gasteiger partial charge in [0.2, 0.25) is 11.8 Å². The lowest BCUT2D eigenvalue weighted by molar-refractivity contribution is -0.121. The zero-order valence-corrected chi connectivity index (χ0v) is 33.4. The van der Waals surface area contributed by atoms with E-state index < -0.39 is 94.6 Å². The van der Waals surface area contributed by atoms with Gasteiger partial charge in [0.1, 0.15) is 46.9 Å². The van der Waals surface area contributed by atoms with Gasteiger partial charge < -0.3 is 29.9 Å². The quantitative estimate of drug-likeness (QED) is 0.0691. The van der Waals surface area contributed by atoms with E-state index in [2.05, 4.69) is 23.8 Å². The molecule has 5 aromatic rings. The van der Waals surface area contributed by atoms with E-state index in [9.17, 15) is 45.5 Å². The smallest absolute Gasteiger partial charge is 0.252 e. The van der Waals surface area contributed by atoms with Crippen molar-refractivity contribution in [2.45, 2.75) is 24.9 Å². The van der Waals surface area contributed by atoms with Crippen LogP contribution >= 0.6 is 0 Å². The molecule has 0 fully saturated rings. The summed E-state index contributed by atoms with van der Waals surface area (Å²) in [6.45, 7) is 7.11. The highest BCUT2D eigenvalue weighted by Gasteiger charge is 2.33. The number of anilines is 2. The van der Waals surface area contributed by atoms with Crippen LogP contribution in [0.4, 0.5) is 37.7 Å². The minimum Gasteiger partial charge on any atom is -0.497 e. The maximum absolute atomic E-state index is 15.0. The average Bonchev–Trinajstić information content (AvgIpc) is 3.24. The molecule has 5 rings (SSSR count). The summed E-state index contributed by atoms with van der Waals surface area (Å²) in [7, 11) is 2.86. The number of nitrogens with one attached hydrogen (secondary N) is 2. The zero-order valence-electron chi connectivity index (χ0n) is 33.4. The molecule has 0 saturated carbocycles. The van der Waals surface area contributed by atoms with Crippen LogP contribution < -0.4 is 29.9 Å². The summed E-state index contributed by atoms with van der Waals surface area (Å²) in [6.07, 6.45) is 1.70. The molecular weight excluding hydrogens is 819 g/mol. The van der Waals surface area contributed by atoms with Crippen molar-refractivity contribution < 1.29 is 55.0 Å². The molecule has 0 spiro atoms. The molecule has 0 aliphatic rings. The molecule has 0 aliphatic carbocycles. The van der Waals surface area contributed by atoms with Crippen LogP contribution in [0.2, 0.25) is 0 Å². The maximum Gasteiger partial charge on any atom is 0.252 e. The standard InChI is InChI=1S/C46H40F6N4O6/c1-5-15-55(33-7-11-35(61-3)12-8-33)45(59)41(21-27-17-29(47)23-30(48)18-27)53-43(57)37-25-39(51)40(52)26-38(37)44(58)54-42(22-28-19-31(49)24-32(50)20-28)46(60)56(16-6-2)34-9-13-36(62-4)14-10-34/h5-14,17-20,23-26,41-42H,1-2,15-16,21-22H2,3-4H3,(H,53,57)(H,54,58)/t41-,42-/m0/s1. The van der Waals surface area contributed by atoms with Gasteiger partial charge in [-0.2, -0.15) is 0 Å². The summed E-state index contributed by atoms with van der Waals surface area (Å²) in [5, 5.41) is 4.81. The molecule has 0 aliphatic heterocycles. The first-order chi connectivity index (χ1) is 29.6. The average molecular weight is 859 g/mol. The Kier molecular flexibility index (Phi) is 15.3. The fraction of sp³-hybridized carbons (Fsp3) is 0.174. The van der Waals surface area contributed by atoms with Crippen molar-refractivity contribution in [3.63, 3.8) is 0 Å². The minimum atomic E-state index is -1.66. The van der Waals surface area contributed by atoms with E-state index >= 15 is 0 Å². The summed E-state index contributed by atoms with van der Waals surface area (Å²) in [4.78, 5) is 59.3. The number of benzene rings is 5. The second-order valence-electron chi connectivity index (χ2n) is 13.7. The van der Waals surface area contributed by atoms with Crippen LogP contribution in [0.1, 0.15) is 31.8 Å². The molecule has 4 amide bonds. The van der Waals surface area contributed by atoms with Gasteiger partial charge in [-0.1, -0.05) is 12.2 Å². The molecule has 322 valence electrons. The Bertz CT molecular complexity index is 2260. The molecule has 2 N–H and O–H groups in total. The number of nitrogens with zero attached hydrogens (tertiary/aromatic N) is 2. The number of amides is 4. The van der Waals surface area contributed by atoms with Gasteiger partial charge in [0.25, 0.3) is 11.8 Å². The number of ether oxygens (including phenoxy) is 2. The van der Waals surface area contributed by atoms with Crippen molar-refractivity contribution in [1.29, 1.82) is 0 Å². The lowest BCUT2D eigenvalue weighted by atomic mass is 10.00. The molecule has 0 radical (unpaired) electrons. The topological polar surface area (TPSA) is 117 Å². The lowest BCUT2D eigenvalue weighted by Gasteiger charge is -2.28. The van der Waals surface area contributed by atoms with Gasteiger partial charge in [0.15, 0.2) is 11.6 Å². The number of hydrogen-bond donors (Lipinski definition) is 2. The van der Waals surface area contributed by atoms with Crippen LogP contribution in [0.25, 0.3) is 0 Å². The first kappa shape index (κ1) is 45.7. The van der Waals surface area contributed by atoms with Crippen LogP contribution in [-0.2, 0) is 22.4 Å². The molecule has 2 atom stereocenters. The van der Waals surface area contributed by atoms with Crippen LogP contribution in [-0.4, -0.2) is 63.0 Å². The van der Waals surface area contributed by atoms with Gasteiger partial charge in [-0.15, -0.1) is 13.2 Å². The molecule has 62 heavy (non-hydrogen) atoms. The third kappa shape index (κ3) is 11.5. The molecule has 0 aromatic heterocycles. The van der Waals surface area contributed by atoms with Crippen LogP contribution in [0, 0.1) is 34.9 Å². The van der Waals surface area contributed by atoms with Crippen molar-refractivity contribution >= 4 is 35.0 Å². The van der Waals surface area contributed by atoms with Gasteiger partial charge in [-0.3, -0.25) is 19.2 Å². The van der Waals surface area contributed by atoms with E-state index in [4.69, 9.17) is 9.47 Å². The molecule has 0 saturated heterocycles. The van der Waals surface area contributed by atoms with E-state index in [1.807, 2.05) is 0 Å². The van der Waals surface area contributed by atoms with Crippen molar-refractivity contribution in [1.82, 2.24) is 10.6 Å². The predicted octanol–water partition coefficient (Wildman–Crippen LogP) is 7.66. The Morgan fingerprint density at radius 1 is 0.548 bits per heavy atom. The highest BCUT2D eigenvalue weighted by molar-refractivity contribution is 6.10. The predicted molar refractivity (Wildman–Crippen MR) is 220 cm³/mol. The SMILES string of the molecule is C=CCN(C(=O)[C@H](Cc1cc(F)cc(F)c1)NC(=O)c1cc(F)c(F)cc1C(=O)N[C@@H](Cc1cc(F)cc(F)c1)C(=O)N(CC=C)c1ccc(OC)cc1)c1ccc(OC)cc1. The third-order valence-corrected chi connectivity index (χ3v) is 9.40. The van der Waals surface area contributed by atoms with E-state index in [1.54, 1.807) is 24.3 Å². The van der Waals surface area contributed by atoms with Crippen molar-refractivity contribution in [3.8, 4) is 11.5 Å². The summed E-state index contributed by atoms with van der Waals surface area (Å²) >= 11 is 0. The molecule has 10 nitrogen and oxygen atoms in total. The van der Waals surface area contributed by atoms with E-state index in [-0.39, 0.29) is 24.2 Å². The second kappa shape index (κ2) is 20.7. The number of rotatable bonds is 18. The van der Waals surface area contributed by atoms with E-state index in [0.29, 0.717) is 47.1 Å². The summed E-state index contributed by atoms with van der Waals surface area (Å²) in [5.74, 6) is -10.5. The van der Waals surface area contributed by atoms with Gasteiger partial charge >= 0.3 is 0 Å². The molecular formula is C46H40F6N4O6. The Morgan fingerprint density at radius 2 is 0.871 bits per heavy atom. The number of methoxy groups -OCH3 is 2. The second-order valence-corrected chi connectivity index (χ2v) is 13.7. The third-order valence-electron chi connectivity index (χ3n) is 9.40. The largest absolute Gasteiger partial charge is 0.497 e. The first-order valence-corrected chi connectivity index (χ1v) is 18.8. The fourth-order valence-corrected chi connectivity index (χ4v) is 6.53. The number of halogens is 6. The Labute approximate surface area is 353 Å². The Morgan fingerprint density at radius 3 is 1.16 bits per heavy atom. The fourth-order valence-electron chi connectivity index (χ4n) is 6.53. The number of hydrogen-bond acceptors (Lipinski definition) is 6. The Balaban J connectivity index is 1.55. The summed E-state index contributed by atoms with van der Waals surface area (Å²) < 4.78 is 97.8. The Hall–Kier alpha value is -7.36. The maximum atomic E-state index is 15.0. The van der Waals surface area contributed by atoms with E-state index in [1.165, 1.54) is 60.4 Å². The van der Waals surface area contributed by atoms with Crippen molar-refractivity contribution in [2.24, 2.45) is 0 Å². The number of carbonyl (C=O) groups excluding carboxylic acids is 4. The molecule has 0 heterocycles. The summed E-state index contributed by atoms with van der Waals surface area (Å²) in [5.41, 5.74) is -1.19. The van der Waals surface area contributed by atoms with E-state index in [0.717, 1.165) is 24.3 Å². The van der Waals surface area contributed by atoms with Gasteiger partial charge in [0.05, 0.1) is 25.3 Å². The normalized spacial score (nSPS) is 11.7. The molecule has 16 heteroatoms. The molecule has 5 aromatic carbocycles. The zero-order chi connectivity index (χ0) is 45.1. The highest BCUT2D eigenvalue weighted by atomic mass is 19.2. The summed E-state index contributed by atoms with van der Waals surface area (Å²) in [6, 6.07) is 14.7. The lowest BCUT2D eigenvalue weighted by Crippen LogP contribution is -2.51. The minimum absolute atomic E-state index is 0.0752. The monoisotopic (exact) mass is 858 g/mol.